The molecule has 0 saturated heterocycles. The SMILES string of the molecule is C[C@H](NC(=O)c1c(N)ncc2cccnc12)c1cc2cccc(Cl)c2c(=O)n1-c1ccccc1. The van der Waals surface area contributed by atoms with Crippen molar-refractivity contribution in [2.24, 2.45) is 0 Å². The Bertz CT molecular complexity index is 1620. The number of carbonyl (C=O) groups excluding carboxylic acids is 1. The molecule has 7 nitrogen and oxygen atoms in total. The van der Waals surface area contributed by atoms with E-state index in [4.69, 9.17) is 17.3 Å². The summed E-state index contributed by atoms with van der Waals surface area (Å²) < 4.78 is 1.57. The monoisotopic (exact) mass is 469 g/mol. The molecule has 5 aromatic rings. The molecule has 0 saturated carbocycles. The average Bonchev–Trinajstić information content (AvgIpc) is 2.84. The van der Waals surface area contributed by atoms with Gasteiger partial charge in [0.2, 0.25) is 0 Å². The summed E-state index contributed by atoms with van der Waals surface area (Å²) in [4.78, 5) is 35.4. The molecule has 3 aromatic heterocycles. The molecule has 34 heavy (non-hydrogen) atoms. The van der Waals surface area contributed by atoms with Crippen molar-refractivity contribution in [1.29, 1.82) is 0 Å². The Morgan fingerprint density at radius 1 is 1.03 bits per heavy atom. The highest BCUT2D eigenvalue weighted by Crippen LogP contribution is 2.26. The first-order valence-corrected chi connectivity index (χ1v) is 11.0. The second-order valence-electron chi connectivity index (χ2n) is 7.90. The lowest BCUT2D eigenvalue weighted by Gasteiger charge is -2.21. The van der Waals surface area contributed by atoms with Gasteiger partial charge in [-0.05, 0) is 48.7 Å². The quantitative estimate of drug-likeness (QED) is 0.398. The Morgan fingerprint density at radius 3 is 2.59 bits per heavy atom. The van der Waals surface area contributed by atoms with E-state index in [-0.39, 0.29) is 16.9 Å². The van der Waals surface area contributed by atoms with E-state index in [2.05, 4.69) is 15.3 Å². The molecule has 2 aromatic carbocycles. The second kappa shape index (κ2) is 8.61. The number of nitrogen functional groups attached to an aromatic ring is 1. The van der Waals surface area contributed by atoms with Gasteiger partial charge in [-0.25, -0.2) is 4.98 Å². The van der Waals surface area contributed by atoms with Crippen molar-refractivity contribution in [3.63, 3.8) is 0 Å². The van der Waals surface area contributed by atoms with Crippen molar-refractivity contribution in [1.82, 2.24) is 19.9 Å². The van der Waals surface area contributed by atoms with Crippen LogP contribution in [0.1, 0.15) is 29.0 Å². The van der Waals surface area contributed by atoms with Crippen LogP contribution in [-0.4, -0.2) is 20.4 Å². The molecule has 8 heteroatoms. The molecule has 5 rings (SSSR count). The number of halogens is 1. The van der Waals surface area contributed by atoms with E-state index >= 15 is 0 Å². The molecule has 168 valence electrons. The van der Waals surface area contributed by atoms with Gasteiger partial charge in [0, 0.05) is 29.2 Å². The molecular weight excluding hydrogens is 450 g/mol. The van der Waals surface area contributed by atoms with Gasteiger partial charge in [0.1, 0.15) is 11.4 Å². The number of amides is 1. The number of hydrogen-bond acceptors (Lipinski definition) is 5. The molecule has 0 spiro atoms. The van der Waals surface area contributed by atoms with Crippen molar-refractivity contribution in [2.45, 2.75) is 13.0 Å². The van der Waals surface area contributed by atoms with Crippen LogP contribution in [0.3, 0.4) is 0 Å². The molecular formula is C26H20ClN5O2. The lowest BCUT2D eigenvalue weighted by Crippen LogP contribution is -2.32. The number of nitrogens with zero attached hydrogens (tertiary/aromatic N) is 3. The topological polar surface area (TPSA) is 103 Å². The number of aromatic nitrogens is 3. The van der Waals surface area contributed by atoms with Crippen LogP contribution in [0.4, 0.5) is 5.82 Å². The van der Waals surface area contributed by atoms with Crippen LogP contribution in [0.2, 0.25) is 5.02 Å². The number of fused-ring (bicyclic) bond motifs is 2. The fourth-order valence-corrected chi connectivity index (χ4v) is 4.39. The summed E-state index contributed by atoms with van der Waals surface area (Å²) in [6.45, 7) is 1.81. The molecule has 0 bridgehead atoms. The Hall–Kier alpha value is -4.23. The molecule has 1 amide bonds. The Morgan fingerprint density at radius 2 is 1.79 bits per heavy atom. The summed E-state index contributed by atoms with van der Waals surface area (Å²) in [7, 11) is 0. The van der Waals surface area contributed by atoms with Gasteiger partial charge in [0.05, 0.1) is 22.0 Å². The van der Waals surface area contributed by atoms with Crippen molar-refractivity contribution in [2.75, 3.05) is 5.73 Å². The molecule has 0 radical (unpaired) electrons. The standard InChI is InChI=1S/C26H20ClN5O2/c1-15(31-25(33)22-23-17(8-6-12-29-23)14-30-24(22)28)20-13-16-7-5-11-19(27)21(16)26(34)32(20)18-9-3-2-4-10-18/h2-15H,1H3,(H2,28,30)(H,31,33)/t15-/m0/s1. The van der Waals surface area contributed by atoms with Gasteiger partial charge < -0.3 is 11.1 Å². The van der Waals surface area contributed by atoms with Crippen LogP contribution in [0.15, 0.2) is 83.9 Å². The van der Waals surface area contributed by atoms with E-state index in [1.54, 1.807) is 35.2 Å². The summed E-state index contributed by atoms with van der Waals surface area (Å²) in [6.07, 6.45) is 3.18. The van der Waals surface area contributed by atoms with E-state index in [9.17, 15) is 9.59 Å². The number of hydrogen-bond donors (Lipinski definition) is 2. The van der Waals surface area contributed by atoms with Crippen molar-refractivity contribution < 1.29 is 4.79 Å². The number of anilines is 1. The van der Waals surface area contributed by atoms with Crippen LogP contribution in [0.5, 0.6) is 0 Å². The lowest BCUT2D eigenvalue weighted by molar-refractivity contribution is 0.0941. The third-order valence-electron chi connectivity index (χ3n) is 5.73. The normalized spacial score (nSPS) is 12.1. The van der Waals surface area contributed by atoms with E-state index < -0.39 is 11.9 Å². The predicted molar refractivity (Wildman–Crippen MR) is 134 cm³/mol. The zero-order valence-corrected chi connectivity index (χ0v) is 19.0. The Labute approximate surface area is 199 Å². The number of rotatable bonds is 4. The first-order valence-electron chi connectivity index (χ1n) is 10.7. The van der Waals surface area contributed by atoms with Crippen LogP contribution >= 0.6 is 11.6 Å². The Kier molecular flexibility index (Phi) is 5.47. The van der Waals surface area contributed by atoms with E-state index in [1.165, 1.54) is 0 Å². The summed E-state index contributed by atoms with van der Waals surface area (Å²) in [5, 5.41) is 5.15. The predicted octanol–water partition coefficient (Wildman–Crippen LogP) is 4.66. The fourth-order valence-electron chi connectivity index (χ4n) is 4.12. The van der Waals surface area contributed by atoms with E-state index in [0.29, 0.717) is 38.1 Å². The van der Waals surface area contributed by atoms with E-state index in [0.717, 1.165) is 0 Å². The van der Waals surface area contributed by atoms with Crippen molar-refractivity contribution >= 4 is 45.0 Å². The molecule has 3 heterocycles. The summed E-state index contributed by atoms with van der Waals surface area (Å²) in [5.41, 5.74) is 7.71. The minimum atomic E-state index is -0.554. The average molecular weight is 470 g/mol. The highest BCUT2D eigenvalue weighted by molar-refractivity contribution is 6.35. The second-order valence-corrected chi connectivity index (χ2v) is 8.31. The van der Waals surface area contributed by atoms with Gasteiger partial charge >= 0.3 is 0 Å². The number of benzene rings is 2. The number of carbonyl (C=O) groups is 1. The van der Waals surface area contributed by atoms with Crippen LogP contribution in [0, 0.1) is 0 Å². The van der Waals surface area contributed by atoms with Crippen molar-refractivity contribution in [3.05, 3.63) is 106 Å². The van der Waals surface area contributed by atoms with Gasteiger partial charge in [0.15, 0.2) is 0 Å². The molecule has 0 aliphatic heterocycles. The van der Waals surface area contributed by atoms with Gasteiger partial charge in [-0.1, -0.05) is 41.9 Å². The van der Waals surface area contributed by atoms with E-state index in [1.807, 2.05) is 55.5 Å². The van der Waals surface area contributed by atoms with Crippen LogP contribution < -0.4 is 16.6 Å². The third kappa shape index (κ3) is 3.66. The zero-order valence-electron chi connectivity index (χ0n) is 18.2. The molecule has 0 aliphatic rings. The molecule has 0 unspecified atom stereocenters. The van der Waals surface area contributed by atoms with Crippen LogP contribution in [-0.2, 0) is 0 Å². The van der Waals surface area contributed by atoms with Crippen LogP contribution in [0.25, 0.3) is 27.4 Å². The maximum atomic E-state index is 13.6. The van der Waals surface area contributed by atoms with Gasteiger partial charge in [-0.15, -0.1) is 0 Å². The molecule has 3 N–H and O–H groups in total. The minimum Gasteiger partial charge on any atom is -0.383 e. The Balaban J connectivity index is 1.65. The first-order chi connectivity index (χ1) is 16.5. The molecule has 0 fully saturated rings. The number of nitrogens with two attached hydrogens (primary N) is 1. The maximum Gasteiger partial charge on any atom is 0.264 e. The largest absolute Gasteiger partial charge is 0.383 e. The fraction of sp³-hybridized carbons (Fsp3) is 0.0769. The molecule has 1 atom stereocenters. The number of para-hydroxylation sites is 1. The van der Waals surface area contributed by atoms with Gasteiger partial charge in [-0.3, -0.25) is 19.1 Å². The smallest absolute Gasteiger partial charge is 0.264 e. The number of pyridine rings is 3. The first kappa shape index (κ1) is 21.6. The number of nitrogens with one attached hydrogen (secondary N) is 1. The summed E-state index contributed by atoms with van der Waals surface area (Å²) in [6, 6.07) is 19.4. The summed E-state index contributed by atoms with van der Waals surface area (Å²) in [5.74, 6) is -0.346. The lowest BCUT2D eigenvalue weighted by atomic mass is 10.1. The van der Waals surface area contributed by atoms with Gasteiger partial charge in [0.25, 0.3) is 11.5 Å². The highest BCUT2D eigenvalue weighted by atomic mass is 35.5. The highest BCUT2D eigenvalue weighted by Gasteiger charge is 2.22. The zero-order chi connectivity index (χ0) is 23.8. The maximum absolute atomic E-state index is 13.6. The third-order valence-corrected chi connectivity index (χ3v) is 6.05. The van der Waals surface area contributed by atoms with Crippen molar-refractivity contribution in [3.8, 4) is 5.69 Å². The van der Waals surface area contributed by atoms with Gasteiger partial charge in [-0.2, -0.15) is 0 Å². The summed E-state index contributed by atoms with van der Waals surface area (Å²) >= 11 is 6.38. The molecule has 0 aliphatic carbocycles. The minimum absolute atomic E-state index is 0.0849.